The number of hydrogen-bond acceptors (Lipinski definition) is 3. The normalized spacial score (nSPS) is 14.5. The predicted octanol–water partition coefficient (Wildman–Crippen LogP) is 2.01. The third kappa shape index (κ3) is 4.68. The second-order valence-electron chi connectivity index (χ2n) is 4.15. The molecule has 2 N–H and O–H groups in total. The third-order valence-corrected chi connectivity index (χ3v) is 2.55. The predicted molar refractivity (Wildman–Crippen MR) is 65.3 cm³/mol. The molecule has 2 atom stereocenters. The maximum absolute atomic E-state index is 13.4. The van der Waals surface area contributed by atoms with Gasteiger partial charge >= 0.3 is 0 Å². The van der Waals surface area contributed by atoms with E-state index in [4.69, 9.17) is 4.74 Å². The number of aliphatic hydroxyl groups excluding tert-OH is 1. The van der Waals surface area contributed by atoms with Crippen molar-refractivity contribution in [3.63, 3.8) is 0 Å². The van der Waals surface area contributed by atoms with Crippen LogP contribution in [-0.4, -0.2) is 30.9 Å². The molecule has 1 aromatic rings. The van der Waals surface area contributed by atoms with Crippen molar-refractivity contribution in [3.05, 3.63) is 35.4 Å². The maximum Gasteiger partial charge on any atom is 0.129 e. The highest BCUT2D eigenvalue weighted by Crippen LogP contribution is 2.17. The van der Waals surface area contributed by atoms with Crippen molar-refractivity contribution in [2.75, 3.05) is 19.8 Å². The first-order chi connectivity index (χ1) is 8.54. The second-order valence-corrected chi connectivity index (χ2v) is 4.15. The van der Waals surface area contributed by atoms with E-state index in [1.807, 2.05) is 13.8 Å². The number of hydrogen-bond donors (Lipinski definition) is 2. The van der Waals surface area contributed by atoms with E-state index in [1.165, 1.54) is 0 Å². The molecule has 5 heteroatoms. The molecular formula is C13H19F2NO2. The summed E-state index contributed by atoms with van der Waals surface area (Å²) in [6.07, 6.45) is -1.08. The van der Waals surface area contributed by atoms with Crippen LogP contribution in [0.1, 0.15) is 25.5 Å². The van der Waals surface area contributed by atoms with Gasteiger partial charge in [-0.25, -0.2) is 8.78 Å². The van der Waals surface area contributed by atoms with E-state index in [2.05, 4.69) is 5.32 Å². The van der Waals surface area contributed by atoms with Gasteiger partial charge in [0.05, 0.1) is 12.7 Å². The summed E-state index contributed by atoms with van der Waals surface area (Å²) < 4.78 is 31.5. The molecular weight excluding hydrogens is 240 g/mol. The van der Waals surface area contributed by atoms with Gasteiger partial charge in [-0.05, 0) is 32.0 Å². The summed E-state index contributed by atoms with van der Waals surface area (Å²) in [6, 6.07) is 3.08. The summed E-state index contributed by atoms with van der Waals surface area (Å²) in [6.45, 7) is 5.06. The zero-order chi connectivity index (χ0) is 13.5. The molecule has 0 heterocycles. The largest absolute Gasteiger partial charge is 0.387 e. The van der Waals surface area contributed by atoms with Crippen LogP contribution in [0.15, 0.2) is 18.2 Å². The molecule has 18 heavy (non-hydrogen) atoms. The Labute approximate surface area is 106 Å². The summed E-state index contributed by atoms with van der Waals surface area (Å²) in [5.74, 6) is -1.17. The molecule has 102 valence electrons. The highest BCUT2D eigenvalue weighted by Gasteiger charge is 2.14. The Bertz CT molecular complexity index is 374. The van der Waals surface area contributed by atoms with E-state index in [0.29, 0.717) is 13.2 Å². The molecule has 0 amide bonds. The molecule has 1 rings (SSSR count). The lowest BCUT2D eigenvalue weighted by molar-refractivity contribution is 0.115. The Balaban J connectivity index is 2.49. The average Bonchev–Trinajstić information content (AvgIpc) is 2.36. The van der Waals surface area contributed by atoms with E-state index < -0.39 is 17.7 Å². The molecule has 1 aromatic carbocycles. The minimum absolute atomic E-state index is 0.0360. The lowest BCUT2D eigenvalue weighted by atomic mass is 10.1. The first-order valence-electron chi connectivity index (χ1n) is 5.98. The van der Waals surface area contributed by atoms with Crippen LogP contribution in [0.2, 0.25) is 0 Å². The lowest BCUT2D eigenvalue weighted by Crippen LogP contribution is -2.34. The molecule has 2 unspecified atom stereocenters. The molecule has 0 radical (unpaired) electrons. The van der Waals surface area contributed by atoms with E-state index in [1.54, 1.807) is 0 Å². The Morgan fingerprint density at radius 3 is 2.78 bits per heavy atom. The van der Waals surface area contributed by atoms with Gasteiger partial charge in [-0.2, -0.15) is 0 Å². The Kier molecular flexibility index (Phi) is 6.18. The van der Waals surface area contributed by atoms with Gasteiger partial charge in [-0.1, -0.05) is 0 Å². The smallest absolute Gasteiger partial charge is 0.129 e. The molecule has 0 fully saturated rings. The molecule has 0 bridgehead atoms. The molecule has 3 nitrogen and oxygen atoms in total. The number of rotatable bonds is 7. The van der Waals surface area contributed by atoms with Crippen molar-refractivity contribution in [1.82, 2.24) is 5.32 Å². The zero-order valence-corrected chi connectivity index (χ0v) is 10.6. The molecule has 0 saturated carbocycles. The number of nitrogens with one attached hydrogen (secondary N) is 1. The Hall–Kier alpha value is -1.04. The SMILES string of the molecule is CCOCC(C)NCC(O)c1cc(F)ccc1F. The summed E-state index contributed by atoms with van der Waals surface area (Å²) >= 11 is 0. The van der Waals surface area contributed by atoms with Gasteiger partial charge in [0.1, 0.15) is 11.6 Å². The second kappa shape index (κ2) is 7.41. The summed E-state index contributed by atoms with van der Waals surface area (Å²) in [5, 5.41) is 12.8. The van der Waals surface area contributed by atoms with Crippen molar-refractivity contribution in [2.24, 2.45) is 0 Å². The summed E-state index contributed by atoms with van der Waals surface area (Å²) in [5.41, 5.74) is -0.0360. The molecule has 0 aliphatic heterocycles. The Morgan fingerprint density at radius 1 is 1.39 bits per heavy atom. The van der Waals surface area contributed by atoms with Gasteiger partial charge in [0.2, 0.25) is 0 Å². The molecule has 0 spiro atoms. The van der Waals surface area contributed by atoms with Crippen LogP contribution in [0.4, 0.5) is 8.78 Å². The maximum atomic E-state index is 13.4. The van der Waals surface area contributed by atoms with Crippen LogP contribution in [0, 0.1) is 11.6 Å². The summed E-state index contributed by atoms with van der Waals surface area (Å²) in [4.78, 5) is 0. The number of halogens is 2. The molecule has 0 aliphatic rings. The van der Waals surface area contributed by atoms with Crippen molar-refractivity contribution in [1.29, 1.82) is 0 Å². The van der Waals surface area contributed by atoms with Gasteiger partial charge in [0.15, 0.2) is 0 Å². The number of benzene rings is 1. The lowest BCUT2D eigenvalue weighted by Gasteiger charge is -2.17. The monoisotopic (exact) mass is 259 g/mol. The van der Waals surface area contributed by atoms with Crippen molar-refractivity contribution in [3.8, 4) is 0 Å². The van der Waals surface area contributed by atoms with E-state index >= 15 is 0 Å². The minimum atomic E-state index is -1.08. The standard InChI is InChI=1S/C13H19F2NO2/c1-3-18-8-9(2)16-7-13(17)11-6-10(14)4-5-12(11)15/h4-6,9,13,16-17H,3,7-8H2,1-2H3. The first-order valence-corrected chi connectivity index (χ1v) is 5.98. The minimum Gasteiger partial charge on any atom is -0.387 e. The van der Waals surface area contributed by atoms with E-state index in [9.17, 15) is 13.9 Å². The van der Waals surface area contributed by atoms with Gasteiger partial charge in [0.25, 0.3) is 0 Å². The number of ether oxygens (including phenoxy) is 1. The van der Waals surface area contributed by atoms with Gasteiger partial charge in [-0.15, -0.1) is 0 Å². The van der Waals surface area contributed by atoms with Crippen LogP contribution < -0.4 is 5.32 Å². The quantitative estimate of drug-likeness (QED) is 0.787. The summed E-state index contributed by atoms with van der Waals surface area (Å²) in [7, 11) is 0. The van der Waals surface area contributed by atoms with Crippen LogP contribution in [-0.2, 0) is 4.74 Å². The van der Waals surface area contributed by atoms with Gasteiger partial charge in [-0.3, -0.25) is 0 Å². The van der Waals surface area contributed by atoms with Crippen LogP contribution >= 0.6 is 0 Å². The first kappa shape index (κ1) is 15.0. The van der Waals surface area contributed by atoms with Crippen LogP contribution in [0.5, 0.6) is 0 Å². The number of aliphatic hydroxyl groups is 1. The van der Waals surface area contributed by atoms with Gasteiger partial charge in [0, 0.05) is 24.8 Å². The Morgan fingerprint density at radius 2 is 2.11 bits per heavy atom. The molecule has 0 aliphatic carbocycles. The zero-order valence-electron chi connectivity index (χ0n) is 10.6. The highest BCUT2D eigenvalue weighted by atomic mass is 19.1. The van der Waals surface area contributed by atoms with Crippen LogP contribution in [0.3, 0.4) is 0 Å². The fraction of sp³-hybridized carbons (Fsp3) is 0.538. The van der Waals surface area contributed by atoms with Crippen molar-refractivity contribution < 1.29 is 18.6 Å². The molecule has 0 saturated heterocycles. The molecule has 0 aromatic heterocycles. The van der Waals surface area contributed by atoms with E-state index in [-0.39, 0.29) is 18.2 Å². The highest BCUT2D eigenvalue weighted by molar-refractivity contribution is 5.21. The fourth-order valence-electron chi connectivity index (χ4n) is 1.55. The topological polar surface area (TPSA) is 41.5 Å². The third-order valence-electron chi connectivity index (χ3n) is 2.55. The average molecular weight is 259 g/mol. The van der Waals surface area contributed by atoms with E-state index in [0.717, 1.165) is 18.2 Å². The van der Waals surface area contributed by atoms with Gasteiger partial charge < -0.3 is 15.2 Å². The fourth-order valence-corrected chi connectivity index (χ4v) is 1.55. The van der Waals surface area contributed by atoms with Crippen LogP contribution in [0.25, 0.3) is 0 Å². The van der Waals surface area contributed by atoms with Crippen molar-refractivity contribution >= 4 is 0 Å². The van der Waals surface area contributed by atoms with Crippen molar-refractivity contribution in [2.45, 2.75) is 26.0 Å².